The van der Waals surface area contributed by atoms with E-state index in [9.17, 15) is 9.18 Å². The number of hydrogen-bond acceptors (Lipinski definition) is 2. The number of aryl methyl sites for hydroxylation is 2. The first-order valence-electron chi connectivity index (χ1n) is 12.9. The van der Waals surface area contributed by atoms with Gasteiger partial charge in [0, 0.05) is 17.4 Å². The van der Waals surface area contributed by atoms with Crippen molar-refractivity contribution in [3.63, 3.8) is 0 Å². The summed E-state index contributed by atoms with van der Waals surface area (Å²) in [4.78, 5) is 15.9. The number of aromatic nitrogens is 3. The van der Waals surface area contributed by atoms with Gasteiger partial charge in [0.25, 0.3) is 0 Å². The molecule has 0 spiro atoms. The first-order chi connectivity index (χ1) is 18.9. The second kappa shape index (κ2) is 10.1. The third-order valence-electron chi connectivity index (χ3n) is 7.09. The number of carbonyl (C=O) groups excluding carboxylic acids is 1. The van der Waals surface area contributed by atoms with Crippen LogP contribution in [0.15, 0.2) is 91.1 Å². The van der Waals surface area contributed by atoms with Gasteiger partial charge in [0.2, 0.25) is 0 Å². The van der Waals surface area contributed by atoms with Crippen LogP contribution in [0.4, 0.5) is 14.9 Å². The molecule has 0 aliphatic carbocycles. The van der Waals surface area contributed by atoms with Gasteiger partial charge in [-0.15, -0.1) is 0 Å². The number of halogens is 2. The van der Waals surface area contributed by atoms with Crippen LogP contribution in [0.5, 0.6) is 0 Å². The summed E-state index contributed by atoms with van der Waals surface area (Å²) in [5, 5.41) is 7.89. The summed E-state index contributed by atoms with van der Waals surface area (Å²) in [5.74, 6) is 0.376. The molecule has 0 radical (unpaired) electrons. The summed E-state index contributed by atoms with van der Waals surface area (Å²) in [6.45, 7) is 4.44. The van der Waals surface area contributed by atoms with Crippen molar-refractivity contribution >= 4 is 23.3 Å². The Morgan fingerprint density at radius 2 is 1.87 bits per heavy atom. The first kappa shape index (κ1) is 24.9. The number of fused-ring (bicyclic) bond motifs is 3. The highest BCUT2D eigenvalue weighted by Gasteiger charge is 2.36. The Balaban J connectivity index is 1.55. The van der Waals surface area contributed by atoms with E-state index in [4.69, 9.17) is 16.7 Å². The van der Waals surface area contributed by atoms with Crippen LogP contribution in [0.2, 0.25) is 5.02 Å². The van der Waals surface area contributed by atoms with E-state index in [0.29, 0.717) is 18.7 Å². The third-order valence-corrected chi connectivity index (χ3v) is 7.38. The fraction of sp³-hybridized carbons (Fsp3) is 0.161. The van der Waals surface area contributed by atoms with Crippen LogP contribution in [0.3, 0.4) is 0 Å². The number of nitrogens with one attached hydrogen (secondary N) is 1. The van der Waals surface area contributed by atoms with E-state index in [2.05, 4.69) is 22.9 Å². The highest BCUT2D eigenvalue weighted by Crippen LogP contribution is 2.39. The largest absolute Gasteiger partial charge is 0.322 e. The molecule has 8 heteroatoms. The standard InChI is InChI=1S/C31H27ClFN5O/c1-3-27-24-19-37(31(39)34-22-14-15-26(33)25(32)18-22)29(21-10-7-9-20(2)17-21)28-13-8-16-36(28)30(24)38(35-27)23-11-5-4-6-12-23/h4-18,29H,3,19H2,1-2H3,(H,34,39)/t29-/m0/s1. The van der Waals surface area contributed by atoms with E-state index in [1.807, 2.05) is 83.4 Å². The predicted molar refractivity (Wildman–Crippen MR) is 151 cm³/mol. The van der Waals surface area contributed by atoms with Gasteiger partial charge < -0.3 is 14.8 Å². The predicted octanol–water partition coefficient (Wildman–Crippen LogP) is 7.46. The Hall–Kier alpha value is -4.36. The maximum atomic E-state index is 14.0. The minimum atomic E-state index is -0.537. The van der Waals surface area contributed by atoms with E-state index in [0.717, 1.165) is 39.6 Å². The Labute approximate surface area is 231 Å². The normalized spacial score (nSPS) is 14.5. The molecule has 0 fully saturated rings. The van der Waals surface area contributed by atoms with Crippen molar-refractivity contribution < 1.29 is 9.18 Å². The molecule has 0 saturated heterocycles. The van der Waals surface area contributed by atoms with Crippen LogP contribution < -0.4 is 5.32 Å². The molecule has 0 saturated carbocycles. The lowest BCUT2D eigenvalue weighted by molar-refractivity contribution is 0.194. The Bertz CT molecular complexity index is 1680. The van der Waals surface area contributed by atoms with Crippen molar-refractivity contribution in [3.05, 3.63) is 130 Å². The van der Waals surface area contributed by atoms with Gasteiger partial charge in [-0.05, 0) is 61.4 Å². The van der Waals surface area contributed by atoms with E-state index in [1.54, 1.807) is 0 Å². The van der Waals surface area contributed by atoms with Crippen LogP contribution in [0, 0.1) is 12.7 Å². The lowest BCUT2D eigenvalue weighted by atomic mass is 10.00. The lowest BCUT2D eigenvalue weighted by Crippen LogP contribution is -2.38. The Kier molecular flexibility index (Phi) is 6.45. The number of rotatable bonds is 4. The topological polar surface area (TPSA) is 55.1 Å². The zero-order valence-corrected chi connectivity index (χ0v) is 22.4. The van der Waals surface area contributed by atoms with E-state index in [-0.39, 0.29) is 11.1 Å². The maximum Gasteiger partial charge on any atom is 0.322 e. The minimum Gasteiger partial charge on any atom is -0.308 e. The van der Waals surface area contributed by atoms with E-state index in [1.165, 1.54) is 18.2 Å². The molecule has 6 rings (SSSR count). The molecule has 196 valence electrons. The van der Waals surface area contributed by atoms with Crippen LogP contribution in [0.25, 0.3) is 11.5 Å². The van der Waals surface area contributed by atoms with Gasteiger partial charge in [0.1, 0.15) is 11.6 Å². The molecular weight excluding hydrogens is 513 g/mol. The zero-order valence-electron chi connectivity index (χ0n) is 21.6. The Morgan fingerprint density at radius 3 is 2.62 bits per heavy atom. The van der Waals surface area contributed by atoms with Crippen molar-refractivity contribution in [2.24, 2.45) is 0 Å². The molecule has 39 heavy (non-hydrogen) atoms. The number of urea groups is 1. The number of carbonyl (C=O) groups is 1. The summed E-state index contributed by atoms with van der Waals surface area (Å²) in [7, 11) is 0. The summed E-state index contributed by atoms with van der Waals surface area (Å²) in [6.07, 6.45) is 2.73. The summed E-state index contributed by atoms with van der Waals surface area (Å²) >= 11 is 6.02. The molecule has 5 aromatic rings. The molecule has 1 N–H and O–H groups in total. The SMILES string of the molecule is CCc1nn(-c2ccccc2)c2c1CN(C(=O)Nc1ccc(F)c(Cl)c1)[C@@H](c1cccc(C)c1)c1cccn1-2. The molecule has 3 heterocycles. The van der Waals surface area contributed by atoms with Gasteiger partial charge in [-0.3, -0.25) is 0 Å². The molecule has 0 bridgehead atoms. The smallest absolute Gasteiger partial charge is 0.308 e. The second-order valence-corrected chi connectivity index (χ2v) is 10.1. The average molecular weight is 540 g/mol. The third kappa shape index (κ3) is 4.49. The van der Waals surface area contributed by atoms with Gasteiger partial charge in [0.15, 0.2) is 0 Å². The molecular formula is C31H27ClFN5O. The van der Waals surface area contributed by atoms with E-state index < -0.39 is 11.9 Å². The van der Waals surface area contributed by atoms with Gasteiger partial charge in [0.05, 0.1) is 34.7 Å². The number of nitrogens with zero attached hydrogens (tertiary/aromatic N) is 4. The van der Waals surface area contributed by atoms with Gasteiger partial charge >= 0.3 is 6.03 Å². The highest BCUT2D eigenvalue weighted by atomic mass is 35.5. The number of hydrogen-bond donors (Lipinski definition) is 1. The molecule has 1 aliphatic heterocycles. The number of amides is 2. The lowest BCUT2D eigenvalue weighted by Gasteiger charge is -2.31. The number of para-hydroxylation sites is 1. The quantitative estimate of drug-likeness (QED) is 0.258. The van der Waals surface area contributed by atoms with Crippen LogP contribution >= 0.6 is 11.6 Å². The van der Waals surface area contributed by atoms with E-state index >= 15 is 0 Å². The van der Waals surface area contributed by atoms with Crippen molar-refractivity contribution in [1.29, 1.82) is 0 Å². The van der Waals surface area contributed by atoms with Crippen LogP contribution in [-0.4, -0.2) is 25.3 Å². The monoisotopic (exact) mass is 539 g/mol. The Morgan fingerprint density at radius 1 is 1.05 bits per heavy atom. The number of anilines is 1. The van der Waals surface area contributed by atoms with Crippen molar-refractivity contribution in [2.75, 3.05) is 5.32 Å². The molecule has 2 amide bonds. The van der Waals surface area contributed by atoms with Gasteiger partial charge in [-0.25, -0.2) is 13.9 Å². The molecule has 0 unspecified atom stereocenters. The minimum absolute atomic E-state index is 0.0486. The van der Waals surface area contributed by atoms with Crippen molar-refractivity contribution in [2.45, 2.75) is 32.9 Å². The molecule has 6 nitrogen and oxygen atoms in total. The molecule has 3 aromatic carbocycles. The summed E-state index contributed by atoms with van der Waals surface area (Å²) < 4.78 is 17.9. The molecule has 1 atom stereocenters. The van der Waals surface area contributed by atoms with Crippen molar-refractivity contribution in [1.82, 2.24) is 19.2 Å². The second-order valence-electron chi connectivity index (χ2n) is 9.66. The maximum absolute atomic E-state index is 14.0. The average Bonchev–Trinajstić information content (AvgIpc) is 3.52. The molecule has 1 aliphatic rings. The number of benzene rings is 3. The summed E-state index contributed by atoms with van der Waals surface area (Å²) in [6, 6.07) is 25.7. The van der Waals surface area contributed by atoms with Gasteiger partial charge in [-0.1, -0.05) is 66.6 Å². The van der Waals surface area contributed by atoms with Crippen LogP contribution in [0.1, 0.15) is 41.0 Å². The zero-order chi connectivity index (χ0) is 27.1. The fourth-order valence-electron chi connectivity index (χ4n) is 5.31. The van der Waals surface area contributed by atoms with Gasteiger partial charge in [-0.2, -0.15) is 5.10 Å². The first-order valence-corrected chi connectivity index (χ1v) is 13.3. The highest BCUT2D eigenvalue weighted by molar-refractivity contribution is 6.31. The van der Waals surface area contributed by atoms with Crippen LogP contribution in [-0.2, 0) is 13.0 Å². The summed E-state index contributed by atoms with van der Waals surface area (Å²) in [5.41, 5.74) is 6.28. The molecule has 2 aromatic heterocycles. The fourth-order valence-corrected chi connectivity index (χ4v) is 5.49. The van der Waals surface area contributed by atoms with Crippen molar-refractivity contribution in [3.8, 4) is 11.5 Å².